The van der Waals surface area contributed by atoms with Crippen molar-refractivity contribution < 1.29 is 15.0 Å². The number of hydrogen-bond acceptors (Lipinski definition) is 5. The molecule has 0 spiro atoms. The third kappa shape index (κ3) is 1.50. The minimum Gasteiger partial charge on any atom is -0.508 e. The van der Waals surface area contributed by atoms with Crippen molar-refractivity contribution in [2.24, 2.45) is 11.1 Å². The van der Waals surface area contributed by atoms with Gasteiger partial charge in [0, 0.05) is 11.1 Å². The Morgan fingerprint density at radius 1 is 1.47 bits per heavy atom. The number of rotatable bonds is 3. The molecule has 2 N–H and O–H groups in total. The van der Waals surface area contributed by atoms with Crippen LogP contribution in [0, 0.1) is 17.7 Å². The van der Waals surface area contributed by atoms with Crippen LogP contribution in [-0.2, 0) is 10.3 Å². The summed E-state index contributed by atoms with van der Waals surface area (Å²) in [5.41, 5.74) is -0.531. The maximum atomic E-state index is 11.3. The molecule has 1 aromatic carbocycles. The van der Waals surface area contributed by atoms with E-state index in [0.717, 1.165) is 0 Å². The van der Waals surface area contributed by atoms with E-state index in [2.05, 4.69) is 5.18 Å². The third-order valence-electron chi connectivity index (χ3n) is 3.45. The van der Waals surface area contributed by atoms with Gasteiger partial charge in [0.2, 0.25) is 0 Å². The van der Waals surface area contributed by atoms with Gasteiger partial charge in [-0.15, -0.1) is 4.91 Å². The molecule has 90 valence electrons. The highest BCUT2D eigenvalue weighted by atomic mass is 16.3. The number of phenolic OH excluding ortho intramolecular Hbond substituents is 2. The van der Waals surface area contributed by atoms with Crippen molar-refractivity contribution in [2.75, 3.05) is 0 Å². The summed E-state index contributed by atoms with van der Waals surface area (Å²) in [6, 6.07) is 2.84. The van der Waals surface area contributed by atoms with Crippen LogP contribution >= 0.6 is 0 Å². The second-order valence-corrected chi connectivity index (χ2v) is 4.49. The molecule has 0 heterocycles. The minimum atomic E-state index is -1.14. The summed E-state index contributed by atoms with van der Waals surface area (Å²) in [4.78, 5) is 22.3. The van der Waals surface area contributed by atoms with Crippen molar-refractivity contribution in [3.8, 4) is 11.5 Å². The van der Waals surface area contributed by atoms with Gasteiger partial charge in [0.05, 0.1) is 5.92 Å². The fraction of sp³-hybridized carbons (Fsp3) is 0.417. The number of carbonyl (C=O) groups excluding carboxylic acids is 1. The number of ketones is 1. The molecule has 17 heavy (non-hydrogen) atoms. The van der Waals surface area contributed by atoms with E-state index in [-0.39, 0.29) is 17.3 Å². The Balaban J connectivity index is 2.52. The number of hydrogen-bond donors (Lipinski definition) is 2. The lowest BCUT2D eigenvalue weighted by Crippen LogP contribution is -2.11. The van der Waals surface area contributed by atoms with Crippen molar-refractivity contribution in [3.63, 3.8) is 0 Å². The summed E-state index contributed by atoms with van der Waals surface area (Å²) < 4.78 is 0. The average molecular weight is 235 g/mol. The molecule has 2 atom stereocenters. The second-order valence-electron chi connectivity index (χ2n) is 4.49. The van der Waals surface area contributed by atoms with Gasteiger partial charge in [0.25, 0.3) is 0 Å². The Morgan fingerprint density at radius 3 is 2.59 bits per heavy atom. The largest absolute Gasteiger partial charge is 0.508 e. The number of nitroso groups, excluding NO2 is 1. The van der Waals surface area contributed by atoms with Crippen LogP contribution in [0.2, 0.25) is 0 Å². The van der Waals surface area contributed by atoms with E-state index in [0.29, 0.717) is 17.5 Å². The number of phenols is 2. The van der Waals surface area contributed by atoms with E-state index in [9.17, 15) is 19.9 Å². The predicted octanol–water partition coefficient (Wildman–Crippen LogP) is 1.98. The zero-order valence-corrected chi connectivity index (χ0v) is 9.60. The standard InChI is InChI=1S/C12H13NO4/c1-6-10(15)4-3-8(11(6)16)12(13-17)5-9(12)7(2)14/h3-4,9,15-16H,5H2,1-2H3. The smallest absolute Gasteiger partial charge is 0.142 e. The van der Waals surface area contributed by atoms with Crippen LogP contribution in [0.3, 0.4) is 0 Å². The molecule has 0 bridgehead atoms. The first-order valence-electron chi connectivity index (χ1n) is 5.31. The number of aromatic hydroxyl groups is 2. The van der Waals surface area contributed by atoms with Crippen LogP contribution in [0.15, 0.2) is 17.3 Å². The molecule has 0 aromatic heterocycles. The molecule has 1 saturated carbocycles. The highest BCUT2D eigenvalue weighted by Gasteiger charge is 2.61. The molecular formula is C12H13NO4. The van der Waals surface area contributed by atoms with E-state index in [1.54, 1.807) is 0 Å². The normalized spacial score (nSPS) is 26.6. The lowest BCUT2D eigenvalue weighted by atomic mass is 9.98. The summed E-state index contributed by atoms with van der Waals surface area (Å²) in [5, 5.41) is 22.4. The highest BCUT2D eigenvalue weighted by molar-refractivity contribution is 5.84. The molecule has 1 aliphatic carbocycles. The molecule has 1 fully saturated rings. The molecule has 5 heteroatoms. The number of nitrogens with zero attached hydrogens (tertiary/aromatic N) is 1. The first kappa shape index (κ1) is 11.6. The first-order chi connectivity index (χ1) is 7.94. The lowest BCUT2D eigenvalue weighted by molar-refractivity contribution is -0.118. The van der Waals surface area contributed by atoms with Gasteiger partial charge in [0.1, 0.15) is 22.8 Å². The van der Waals surface area contributed by atoms with Gasteiger partial charge in [-0.2, -0.15) is 0 Å². The summed E-state index contributed by atoms with van der Waals surface area (Å²) >= 11 is 0. The molecular weight excluding hydrogens is 222 g/mol. The van der Waals surface area contributed by atoms with Crippen LogP contribution in [-0.4, -0.2) is 16.0 Å². The minimum absolute atomic E-state index is 0.0488. The Kier molecular flexibility index (Phi) is 2.41. The topological polar surface area (TPSA) is 87.0 Å². The van der Waals surface area contributed by atoms with E-state index < -0.39 is 11.5 Å². The monoisotopic (exact) mass is 235 g/mol. The van der Waals surface area contributed by atoms with Crippen LogP contribution < -0.4 is 0 Å². The van der Waals surface area contributed by atoms with Crippen LogP contribution in [0.1, 0.15) is 24.5 Å². The lowest BCUT2D eigenvalue weighted by Gasteiger charge is -2.13. The summed E-state index contributed by atoms with van der Waals surface area (Å²) in [7, 11) is 0. The van der Waals surface area contributed by atoms with Crippen molar-refractivity contribution in [1.29, 1.82) is 0 Å². The van der Waals surface area contributed by atoms with Crippen LogP contribution in [0.4, 0.5) is 0 Å². The van der Waals surface area contributed by atoms with Gasteiger partial charge in [0.15, 0.2) is 0 Å². The molecule has 0 saturated heterocycles. The van der Waals surface area contributed by atoms with Gasteiger partial charge in [-0.25, -0.2) is 0 Å². The molecule has 0 radical (unpaired) electrons. The van der Waals surface area contributed by atoms with E-state index >= 15 is 0 Å². The Bertz CT molecular complexity index is 511. The molecule has 1 aliphatic rings. The van der Waals surface area contributed by atoms with Gasteiger partial charge in [-0.05, 0) is 32.4 Å². The predicted molar refractivity (Wildman–Crippen MR) is 60.8 cm³/mol. The third-order valence-corrected chi connectivity index (χ3v) is 3.45. The highest BCUT2D eigenvalue weighted by Crippen LogP contribution is 2.58. The second kappa shape index (κ2) is 3.55. The zero-order valence-electron chi connectivity index (χ0n) is 9.60. The quantitative estimate of drug-likeness (QED) is 0.784. The molecule has 0 amide bonds. The van der Waals surface area contributed by atoms with E-state index in [1.807, 2.05) is 0 Å². The number of benzene rings is 1. The van der Waals surface area contributed by atoms with Crippen LogP contribution in [0.25, 0.3) is 0 Å². The van der Waals surface area contributed by atoms with E-state index in [4.69, 9.17) is 0 Å². The maximum absolute atomic E-state index is 11.3. The first-order valence-corrected chi connectivity index (χ1v) is 5.31. The summed E-state index contributed by atoms with van der Waals surface area (Å²) in [6.07, 6.45) is 0.323. The van der Waals surface area contributed by atoms with Crippen LogP contribution in [0.5, 0.6) is 11.5 Å². The van der Waals surface area contributed by atoms with Crippen molar-refractivity contribution in [1.82, 2.24) is 0 Å². The SMILES string of the molecule is CC(=O)C1CC1(N=O)c1ccc(O)c(C)c1O. The molecule has 5 nitrogen and oxygen atoms in total. The van der Waals surface area contributed by atoms with Crippen molar-refractivity contribution >= 4 is 5.78 Å². The molecule has 2 rings (SSSR count). The van der Waals surface area contributed by atoms with Gasteiger partial charge >= 0.3 is 0 Å². The molecule has 2 unspecified atom stereocenters. The Labute approximate surface area is 98.1 Å². The number of carbonyl (C=O) groups is 1. The summed E-state index contributed by atoms with van der Waals surface area (Å²) in [6.45, 7) is 2.94. The molecule has 1 aromatic rings. The zero-order chi connectivity index (χ0) is 12.8. The maximum Gasteiger partial charge on any atom is 0.142 e. The van der Waals surface area contributed by atoms with Gasteiger partial charge in [-0.1, -0.05) is 5.18 Å². The average Bonchev–Trinajstić information content (AvgIpc) is 3.02. The Hall–Kier alpha value is -1.91. The van der Waals surface area contributed by atoms with Gasteiger partial charge < -0.3 is 10.2 Å². The van der Waals surface area contributed by atoms with Crippen molar-refractivity contribution in [3.05, 3.63) is 28.2 Å². The van der Waals surface area contributed by atoms with Crippen molar-refractivity contribution in [2.45, 2.75) is 25.8 Å². The fourth-order valence-electron chi connectivity index (χ4n) is 2.22. The summed E-state index contributed by atoms with van der Waals surface area (Å²) in [5.74, 6) is -0.787. The fourth-order valence-corrected chi connectivity index (χ4v) is 2.22. The molecule has 0 aliphatic heterocycles. The van der Waals surface area contributed by atoms with Gasteiger partial charge in [-0.3, -0.25) is 4.79 Å². The Morgan fingerprint density at radius 2 is 2.12 bits per heavy atom. The van der Waals surface area contributed by atoms with E-state index in [1.165, 1.54) is 26.0 Å². The number of Topliss-reactive ketones (excluding diaryl/α,β-unsaturated/α-hetero) is 1.